The summed E-state index contributed by atoms with van der Waals surface area (Å²) in [7, 11) is 0. The summed E-state index contributed by atoms with van der Waals surface area (Å²) >= 11 is 5.80. The van der Waals surface area contributed by atoms with Crippen molar-refractivity contribution in [1.82, 2.24) is 0 Å². The molecule has 0 radical (unpaired) electrons. The smallest absolute Gasteiger partial charge is 0.0732 e. The van der Waals surface area contributed by atoms with Crippen LogP contribution in [0.5, 0.6) is 0 Å². The standard InChI is InChI=1S/C13H20ClNO/c1-9(2)3-8-12(16)13(15)10-4-6-11(14)7-5-10/h4-7,9,12-13,16H,3,8,15H2,1-2H3/t12-,13+/m1/s1. The molecule has 0 aromatic heterocycles. The summed E-state index contributed by atoms with van der Waals surface area (Å²) in [6, 6.07) is 7.01. The van der Waals surface area contributed by atoms with Crippen molar-refractivity contribution in [3.05, 3.63) is 34.9 Å². The van der Waals surface area contributed by atoms with Gasteiger partial charge in [-0.2, -0.15) is 0 Å². The van der Waals surface area contributed by atoms with Crippen LogP contribution in [0.2, 0.25) is 5.02 Å². The van der Waals surface area contributed by atoms with Crippen LogP contribution in [0.25, 0.3) is 0 Å². The molecular formula is C13H20ClNO. The molecule has 0 saturated carbocycles. The first-order valence-corrected chi connectivity index (χ1v) is 6.07. The highest BCUT2D eigenvalue weighted by molar-refractivity contribution is 6.30. The Balaban J connectivity index is 2.56. The fourth-order valence-electron chi connectivity index (χ4n) is 1.59. The quantitative estimate of drug-likeness (QED) is 0.832. The van der Waals surface area contributed by atoms with Crippen LogP contribution < -0.4 is 5.73 Å². The Labute approximate surface area is 102 Å². The van der Waals surface area contributed by atoms with Crippen molar-refractivity contribution >= 4 is 11.6 Å². The lowest BCUT2D eigenvalue weighted by Crippen LogP contribution is -2.26. The molecule has 0 aliphatic heterocycles. The molecule has 90 valence electrons. The van der Waals surface area contributed by atoms with Crippen molar-refractivity contribution in [3.8, 4) is 0 Å². The second-order valence-corrected chi connectivity index (χ2v) is 5.05. The molecule has 16 heavy (non-hydrogen) atoms. The van der Waals surface area contributed by atoms with Crippen molar-refractivity contribution in [1.29, 1.82) is 0 Å². The maximum absolute atomic E-state index is 9.93. The average molecular weight is 242 g/mol. The molecule has 1 rings (SSSR count). The molecule has 1 aromatic rings. The van der Waals surface area contributed by atoms with Gasteiger partial charge in [0.15, 0.2) is 0 Å². The van der Waals surface area contributed by atoms with Gasteiger partial charge in [-0.05, 0) is 36.5 Å². The lowest BCUT2D eigenvalue weighted by molar-refractivity contribution is 0.128. The topological polar surface area (TPSA) is 46.2 Å². The summed E-state index contributed by atoms with van der Waals surface area (Å²) in [6.45, 7) is 4.28. The van der Waals surface area contributed by atoms with E-state index in [0.717, 1.165) is 18.4 Å². The van der Waals surface area contributed by atoms with E-state index in [1.165, 1.54) is 0 Å². The van der Waals surface area contributed by atoms with Gasteiger partial charge in [-0.1, -0.05) is 37.6 Å². The van der Waals surface area contributed by atoms with Gasteiger partial charge in [-0.15, -0.1) is 0 Å². The number of aliphatic hydroxyl groups is 1. The second-order valence-electron chi connectivity index (χ2n) is 4.62. The van der Waals surface area contributed by atoms with Crippen molar-refractivity contribution in [3.63, 3.8) is 0 Å². The largest absolute Gasteiger partial charge is 0.391 e. The number of benzene rings is 1. The van der Waals surface area contributed by atoms with Crippen molar-refractivity contribution in [2.24, 2.45) is 11.7 Å². The molecule has 2 atom stereocenters. The highest BCUT2D eigenvalue weighted by Gasteiger charge is 2.16. The summed E-state index contributed by atoms with van der Waals surface area (Å²) in [5.74, 6) is 0.590. The van der Waals surface area contributed by atoms with Gasteiger partial charge in [0, 0.05) is 5.02 Å². The second kappa shape index (κ2) is 6.24. The molecule has 0 bridgehead atoms. The van der Waals surface area contributed by atoms with Gasteiger partial charge in [0.25, 0.3) is 0 Å². The number of rotatable bonds is 5. The molecule has 3 heteroatoms. The fraction of sp³-hybridized carbons (Fsp3) is 0.538. The first-order chi connectivity index (χ1) is 7.50. The Morgan fingerprint density at radius 2 is 1.75 bits per heavy atom. The monoisotopic (exact) mass is 241 g/mol. The van der Waals surface area contributed by atoms with Gasteiger partial charge in [-0.3, -0.25) is 0 Å². The number of halogens is 1. The Morgan fingerprint density at radius 3 is 2.25 bits per heavy atom. The molecule has 0 heterocycles. The first kappa shape index (κ1) is 13.5. The minimum atomic E-state index is -0.483. The van der Waals surface area contributed by atoms with Crippen LogP contribution in [-0.2, 0) is 0 Å². The molecule has 2 nitrogen and oxygen atoms in total. The molecule has 0 amide bonds. The van der Waals surface area contributed by atoms with Gasteiger partial charge in [0.05, 0.1) is 12.1 Å². The molecule has 0 aliphatic carbocycles. The first-order valence-electron chi connectivity index (χ1n) is 5.70. The van der Waals surface area contributed by atoms with Gasteiger partial charge in [0.1, 0.15) is 0 Å². The Morgan fingerprint density at radius 1 is 1.19 bits per heavy atom. The van der Waals surface area contributed by atoms with E-state index in [9.17, 15) is 5.11 Å². The summed E-state index contributed by atoms with van der Waals surface area (Å²) in [5, 5.41) is 10.6. The summed E-state index contributed by atoms with van der Waals surface area (Å²) in [5.41, 5.74) is 6.91. The van der Waals surface area contributed by atoms with Gasteiger partial charge < -0.3 is 10.8 Å². The van der Waals surface area contributed by atoms with Crippen LogP contribution in [0.15, 0.2) is 24.3 Å². The van der Waals surface area contributed by atoms with Crippen LogP contribution in [-0.4, -0.2) is 11.2 Å². The third kappa shape index (κ3) is 4.12. The highest BCUT2D eigenvalue weighted by atomic mass is 35.5. The van der Waals surface area contributed by atoms with E-state index in [1.54, 1.807) is 12.1 Å². The van der Waals surface area contributed by atoms with Crippen LogP contribution in [0.3, 0.4) is 0 Å². The lowest BCUT2D eigenvalue weighted by Gasteiger charge is -2.20. The van der Waals surface area contributed by atoms with Crippen molar-refractivity contribution in [2.45, 2.75) is 38.8 Å². The maximum atomic E-state index is 9.93. The third-order valence-corrected chi connectivity index (χ3v) is 2.96. The average Bonchev–Trinajstić information content (AvgIpc) is 2.26. The molecular weight excluding hydrogens is 222 g/mol. The van der Waals surface area contributed by atoms with E-state index in [0.29, 0.717) is 10.9 Å². The molecule has 0 aliphatic rings. The summed E-state index contributed by atoms with van der Waals surface area (Å²) in [6.07, 6.45) is 1.24. The van der Waals surface area contributed by atoms with E-state index in [4.69, 9.17) is 17.3 Å². The van der Waals surface area contributed by atoms with Crippen molar-refractivity contribution < 1.29 is 5.11 Å². The normalized spacial score (nSPS) is 15.1. The number of aliphatic hydroxyl groups excluding tert-OH is 1. The molecule has 1 aromatic carbocycles. The molecule has 0 spiro atoms. The van der Waals surface area contributed by atoms with Crippen LogP contribution in [0.4, 0.5) is 0 Å². The zero-order valence-electron chi connectivity index (χ0n) is 9.86. The fourth-order valence-corrected chi connectivity index (χ4v) is 1.72. The number of hydrogen-bond donors (Lipinski definition) is 2. The van der Waals surface area contributed by atoms with E-state index < -0.39 is 6.10 Å². The SMILES string of the molecule is CC(C)CC[C@@H](O)[C@@H](N)c1ccc(Cl)cc1. The van der Waals surface area contributed by atoms with Gasteiger partial charge >= 0.3 is 0 Å². The summed E-state index contributed by atoms with van der Waals surface area (Å²) in [4.78, 5) is 0. The van der Waals surface area contributed by atoms with E-state index in [1.807, 2.05) is 12.1 Å². The highest BCUT2D eigenvalue weighted by Crippen LogP contribution is 2.20. The van der Waals surface area contributed by atoms with E-state index >= 15 is 0 Å². The molecule has 0 unspecified atom stereocenters. The Bertz CT molecular complexity index is 310. The molecule has 3 N–H and O–H groups in total. The predicted octanol–water partition coefficient (Wildman–Crippen LogP) is 3.14. The predicted molar refractivity (Wildman–Crippen MR) is 68.5 cm³/mol. The zero-order chi connectivity index (χ0) is 12.1. The Hall–Kier alpha value is -0.570. The number of nitrogens with two attached hydrogens (primary N) is 1. The minimum Gasteiger partial charge on any atom is -0.391 e. The van der Waals surface area contributed by atoms with Crippen LogP contribution in [0, 0.1) is 5.92 Å². The van der Waals surface area contributed by atoms with Gasteiger partial charge in [-0.25, -0.2) is 0 Å². The zero-order valence-corrected chi connectivity index (χ0v) is 10.6. The Kier molecular flexibility index (Phi) is 5.26. The summed E-state index contributed by atoms with van der Waals surface area (Å²) < 4.78 is 0. The van der Waals surface area contributed by atoms with Crippen molar-refractivity contribution in [2.75, 3.05) is 0 Å². The van der Waals surface area contributed by atoms with Crippen LogP contribution >= 0.6 is 11.6 Å². The van der Waals surface area contributed by atoms with Gasteiger partial charge in [0.2, 0.25) is 0 Å². The van der Waals surface area contributed by atoms with Crippen LogP contribution in [0.1, 0.15) is 38.3 Å². The number of hydrogen-bond acceptors (Lipinski definition) is 2. The molecule has 0 fully saturated rings. The lowest BCUT2D eigenvalue weighted by atomic mass is 9.96. The third-order valence-electron chi connectivity index (χ3n) is 2.71. The maximum Gasteiger partial charge on any atom is 0.0732 e. The van der Waals surface area contributed by atoms with E-state index in [2.05, 4.69) is 13.8 Å². The minimum absolute atomic E-state index is 0.323. The molecule has 0 saturated heterocycles. The van der Waals surface area contributed by atoms with E-state index in [-0.39, 0.29) is 6.04 Å².